The molecule has 2 aromatic heterocycles. The van der Waals surface area contributed by atoms with Crippen molar-refractivity contribution in [1.82, 2.24) is 14.8 Å². The molecule has 2 aromatic rings. The molecular weight excluding hydrogens is 282 g/mol. The second-order valence-corrected chi connectivity index (χ2v) is 4.49. The van der Waals surface area contributed by atoms with Gasteiger partial charge in [-0.05, 0) is 28.4 Å². The first-order valence-electron chi connectivity index (χ1n) is 5.37. The van der Waals surface area contributed by atoms with Gasteiger partial charge in [-0.2, -0.15) is 5.10 Å². The normalized spacial score (nSPS) is 10.4. The number of nitrogens with zero attached hydrogens (tertiary/aromatic N) is 3. The smallest absolute Gasteiger partial charge is 0.0750 e. The van der Waals surface area contributed by atoms with Crippen molar-refractivity contribution in [3.8, 4) is 0 Å². The van der Waals surface area contributed by atoms with Crippen LogP contribution in [0.4, 0.5) is 11.4 Å². The number of nitrogens with one attached hydrogen (secondary N) is 1. The molecule has 0 saturated heterocycles. The molecule has 0 aromatic carbocycles. The Hall–Kier alpha value is -1.56. The zero-order chi connectivity index (χ0) is 12.1. The van der Waals surface area contributed by atoms with Crippen molar-refractivity contribution in [1.29, 1.82) is 0 Å². The first-order valence-corrected chi connectivity index (χ1v) is 6.17. The van der Waals surface area contributed by atoms with Crippen LogP contribution in [0.3, 0.4) is 0 Å². The molecule has 0 spiro atoms. The maximum Gasteiger partial charge on any atom is 0.0750 e. The number of aromatic nitrogens is 3. The van der Waals surface area contributed by atoms with Crippen molar-refractivity contribution in [3.05, 3.63) is 35.3 Å². The average Bonchev–Trinajstić information content (AvgIpc) is 2.80. The van der Waals surface area contributed by atoms with E-state index < -0.39 is 0 Å². The van der Waals surface area contributed by atoms with Gasteiger partial charge in [-0.3, -0.25) is 9.67 Å². The van der Waals surface area contributed by atoms with Crippen molar-refractivity contribution in [2.45, 2.75) is 13.0 Å². The Morgan fingerprint density at radius 3 is 3.00 bits per heavy atom. The number of halogens is 1. The minimum atomic E-state index is 0.651. The SMILES string of the molecule is Nc1cncc(Br)c1NCCCn1cccn1. The molecule has 0 unspecified atom stereocenters. The molecule has 0 saturated carbocycles. The first kappa shape index (κ1) is 11.9. The highest BCUT2D eigenvalue weighted by Crippen LogP contribution is 2.26. The molecule has 17 heavy (non-hydrogen) atoms. The van der Waals surface area contributed by atoms with Crippen LogP contribution in [0.25, 0.3) is 0 Å². The lowest BCUT2D eigenvalue weighted by atomic mass is 10.3. The fourth-order valence-electron chi connectivity index (χ4n) is 1.52. The molecule has 0 atom stereocenters. The quantitative estimate of drug-likeness (QED) is 0.829. The minimum absolute atomic E-state index is 0.651. The predicted octanol–water partition coefficient (Wildman–Crippen LogP) is 2.12. The summed E-state index contributed by atoms with van der Waals surface area (Å²) in [7, 11) is 0. The van der Waals surface area contributed by atoms with E-state index in [0.29, 0.717) is 5.69 Å². The Kier molecular flexibility index (Phi) is 3.98. The van der Waals surface area contributed by atoms with E-state index in [2.05, 4.69) is 31.3 Å². The second-order valence-electron chi connectivity index (χ2n) is 3.64. The highest BCUT2D eigenvalue weighted by Gasteiger charge is 2.03. The second kappa shape index (κ2) is 5.67. The van der Waals surface area contributed by atoms with E-state index in [4.69, 9.17) is 5.73 Å². The molecule has 5 nitrogen and oxygen atoms in total. The van der Waals surface area contributed by atoms with Crippen LogP contribution in [-0.4, -0.2) is 21.3 Å². The molecule has 0 fully saturated rings. The van der Waals surface area contributed by atoms with Crippen LogP contribution in [0.1, 0.15) is 6.42 Å². The Labute approximate surface area is 108 Å². The molecule has 0 radical (unpaired) electrons. The summed E-state index contributed by atoms with van der Waals surface area (Å²) in [5.41, 5.74) is 7.38. The third-order valence-corrected chi connectivity index (χ3v) is 2.96. The summed E-state index contributed by atoms with van der Waals surface area (Å²) in [5.74, 6) is 0. The van der Waals surface area contributed by atoms with E-state index in [9.17, 15) is 0 Å². The molecule has 0 bridgehead atoms. The summed E-state index contributed by atoms with van der Waals surface area (Å²) in [6, 6.07) is 1.92. The lowest BCUT2D eigenvalue weighted by molar-refractivity contribution is 0.592. The van der Waals surface area contributed by atoms with Crippen LogP contribution in [0, 0.1) is 0 Å². The van der Waals surface area contributed by atoms with Gasteiger partial charge < -0.3 is 11.1 Å². The third-order valence-electron chi connectivity index (χ3n) is 2.35. The van der Waals surface area contributed by atoms with Crippen LogP contribution in [0.5, 0.6) is 0 Å². The average molecular weight is 296 g/mol. The van der Waals surface area contributed by atoms with Crippen molar-refractivity contribution in [2.24, 2.45) is 0 Å². The van der Waals surface area contributed by atoms with Crippen molar-refractivity contribution >= 4 is 27.3 Å². The van der Waals surface area contributed by atoms with E-state index in [1.807, 2.05) is 16.9 Å². The number of nitrogens with two attached hydrogens (primary N) is 1. The monoisotopic (exact) mass is 295 g/mol. The van der Waals surface area contributed by atoms with Gasteiger partial charge >= 0.3 is 0 Å². The van der Waals surface area contributed by atoms with E-state index in [1.54, 1.807) is 18.6 Å². The van der Waals surface area contributed by atoms with Gasteiger partial charge in [-0.1, -0.05) is 0 Å². The molecule has 2 rings (SSSR count). The maximum absolute atomic E-state index is 5.83. The number of hydrogen-bond donors (Lipinski definition) is 2. The van der Waals surface area contributed by atoms with Gasteiger partial charge in [0.05, 0.1) is 22.0 Å². The first-order chi connectivity index (χ1) is 8.27. The van der Waals surface area contributed by atoms with Gasteiger partial charge in [-0.25, -0.2) is 0 Å². The highest BCUT2D eigenvalue weighted by atomic mass is 79.9. The summed E-state index contributed by atoms with van der Waals surface area (Å²) < 4.78 is 2.80. The van der Waals surface area contributed by atoms with Crippen LogP contribution in [-0.2, 0) is 6.54 Å². The van der Waals surface area contributed by atoms with Gasteiger partial charge in [0.1, 0.15) is 0 Å². The van der Waals surface area contributed by atoms with Crippen molar-refractivity contribution in [3.63, 3.8) is 0 Å². The standard InChI is InChI=1S/C11H14BrN5/c12-9-7-14-8-10(13)11(9)15-3-1-5-17-6-2-4-16-17/h2,4,6-8H,1,3,5,13H2,(H,14,15). The van der Waals surface area contributed by atoms with Gasteiger partial charge in [0, 0.05) is 31.7 Å². The fourth-order valence-corrected chi connectivity index (χ4v) is 2.01. The zero-order valence-electron chi connectivity index (χ0n) is 9.31. The van der Waals surface area contributed by atoms with E-state index in [1.165, 1.54) is 0 Å². The largest absolute Gasteiger partial charge is 0.396 e. The fraction of sp³-hybridized carbons (Fsp3) is 0.273. The Morgan fingerprint density at radius 1 is 1.41 bits per heavy atom. The molecule has 0 amide bonds. The third kappa shape index (κ3) is 3.20. The van der Waals surface area contributed by atoms with Gasteiger partial charge in [0.2, 0.25) is 0 Å². The maximum atomic E-state index is 5.83. The van der Waals surface area contributed by atoms with Crippen LogP contribution >= 0.6 is 15.9 Å². The summed E-state index contributed by atoms with van der Waals surface area (Å²) in [6.45, 7) is 1.73. The van der Waals surface area contributed by atoms with Crippen molar-refractivity contribution < 1.29 is 0 Å². The Balaban J connectivity index is 1.82. The number of hydrogen-bond acceptors (Lipinski definition) is 4. The van der Waals surface area contributed by atoms with Crippen LogP contribution < -0.4 is 11.1 Å². The molecule has 0 aliphatic carbocycles. The van der Waals surface area contributed by atoms with Crippen molar-refractivity contribution in [2.75, 3.05) is 17.6 Å². The molecule has 0 aliphatic rings. The Morgan fingerprint density at radius 2 is 2.29 bits per heavy atom. The highest BCUT2D eigenvalue weighted by molar-refractivity contribution is 9.10. The van der Waals surface area contributed by atoms with E-state index >= 15 is 0 Å². The molecule has 90 valence electrons. The van der Waals surface area contributed by atoms with Crippen LogP contribution in [0.15, 0.2) is 35.3 Å². The van der Waals surface area contributed by atoms with Gasteiger partial charge in [0.25, 0.3) is 0 Å². The predicted molar refractivity (Wildman–Crippen MR) is 71.7 cm³/mol. The summed E-state index contributed by atoms with van der Waals surface area (Å²) >= 11 is 3.42. The molecular formula is C11H14BrN5. The number of pyridine rings is 1. The summed E-state index contributed by atoms with van der Waals surface area (Å²) in [5, 5.41) is 7.43. The Bertz CT molecular complexity index is 448. The topological polar surface area (TPSA) is 68.8 Å². The molecule has 3 N–H and O–H groups in total. The lowest BCUT2D eigenvalue weighted by Crippen LogP contribution is -2.09. The number of aryl methyl sites for hydroxylation is 1. The van der Waals surface area contributed by atoms with Gasteiger partial charge in [-0.15, -0.1) is 0 Å². The number of nitrogen functional groups attached to an aromatic ring is 1. The zero-order valence-corrected chi connectivity index (χ0v) is 10.9. The van der Waals surface area contributed by atoms with Crippen LogP contribution in [0.2, 0.25) is 0 Å². The van der Waals surface area contributed by atoms with E-state index in [-0.39, 0.29) is 0 Å². The van der Waals surface area contributed by atoms with Gasteiger partial charge in [0.15, 0.2) is 0 Å². The molecule has 2 heterocycles. The lowest BCUT2D eigenvalue weighted by Gasteiger charge is -2.10. The summed E-state index contributed by atoms with van der Waals surface area (Å²) in [4.78, 5) is 3.99. The number of anilines is 2. The molecule has 6 heteroatoms. The minimum Gasteiger partial charge on any atom is -0.396 e. The number of rotatable bonds is 5. The van der Waals surface area contributed by atoms with E-state index in [0.717, 1.165) is 29.7 Å². The summed E-state index contributed by atoms with van der Waals surface area (Å²) in [6.07, 6.45) is 8.09. The molecule has 0 aliphatic heterocycles.